The maximum Gasteiger partial charge on any atom is 0.255 e. The predicted octanol–water partition coefficient (Wildman–Crippen LogP) is 1.27. The number of likely N-dealkylation sites (N-methyl/N-ethyl adjacent to an activating group) is 1. The van der Waals surface area contributed by atoms with Crippen molar-refractivity contribution < 1.29 is 18.7 Å². The van der Waals surface area contributed by atoms with Gasteiger partial charge in [-0.15, -0.1) is 0 Å². The van der Waals surface area contributed by atoms with Crippen LogP contribution in [0.5, 0.6) is 5.75 Å². The van der Waals surface area contributed by atoms with Crippen molar-refractivity contribution in [1.29, 1.82) is 0 Å². The zero-order valence-corrected chi connectivity index (χ0v) is 14.2. The Kier molecular flexibility index (Phi) is 4.43. The molecule has 1 saturated heterocycles. The van der Waals surface area contributed by atoms with E-state index in [1.807, 2.05) is 6.07 Å². The van der Waals surface area contributed by atoms with Crippen LogP contribution in [0.3, 0.4) is 0 Å². The number of halogens is 1. The van der Waals surface area contributed by atoms with Crippen molar-refractivity contribution >= 4 is 11.8 Å². The number of benzene rings is 1. The highest BCUT2D eigenvalue weighted by molar-refractivity contribution is 5.97. The molecule has 1 aliphatic heterocycles. The summed E-state index contributed by atoms with van der Waals surface area (Å²) in [4.78, 5) is 26.4. The molecule has 25 heavy (non-hydrogen) atoms. The third-order valence-electron chi connectivity index (χ3n) is 4.47. The Hall–Kier alpha value is -2.90. The van der Waals surface area contributed by atoms with E-state index in [0.29, 0.717) is 0 Å². The minimum Gasteiger partial charge on any atom is -0.496 e. The lowest BCUT2D eigenvalue weighted by Crippen LogP contribution is -2.39. The van der Waals surface area contributed by atoms with E-state index in [0.717, 1.165) is 11.8 Å². The summed E-state index contributed by atoms with van der Waals surface area (Å²) in [5, 5.41) is 6.96. The molecule has 0 spiro atoms. The molecule has 0 saturated carbocycles. The molecule has 1 aliphatic rings. The number of ether oxygens (including phenoxy) is 1. The molecule has 0 bridgehead atoms. The van der Waals surface area contributed by atoms with Crippen molar-refractivity contribution in [3.05, 3.63) is 47.5 Å². The van der Waals surface area contributed by atoms with E-state index in [1.165, 1.54) is 19.2 Å². The summed E-state index contributed by atoms with van der Waals surface area (Å²) in [6.07, 6.45) is 1.80. The number of rotatable bonds is 4. The predicted molar refractivity (Wildman–Crippen MR) is 87.5 cm³/mol. The fourth-order valence-electron chi connectivity index (χ4n) is 3.18. The van der Waals surface area contributed by atoms with E-state index in [4.69, 9.17) is 4.74 Å². The van der Waals surface area contributed by atoms with Crippen molar-refractivity contribution in [3.8, 4) is 5.75 Å². The van der Waals surface area contributed by atoms with Gasteiger partial charge in [-0.2, -0.15) is 5.10 Å². The van der Waals surface area contributed by atoms with Crippen molar-refractivity contribution in [3.63, 3.8) is 0 Å². The minimum absolute atomic E-state index is 0.0808. The van der Waals surface area contributed by atoms with Gasteiger partial charge in [0.25, 0.3) is 5.91 Å². The van der Waals surface area contributed by atoms with Crippen LogP contribution in [0.2, 0.25) is 0 Å². The van der Waals surface area contributed by atoms with E-state index < -0.39 is 17.8 Å². The van der Waals surface area contributed by atoms with Crippen LogP contribution < -0.4 is 10.1 Å². The third-order valence-corrected chi connectivity index (χ3v) is 4.47. The molecule has 2 atom stereocenters. The summed E-state index contributed by atoms with van der Waals surface area (Å²) in [6, 6.07) is 4.75. The molecule has 1 N–H and O–H groups in total. The van der Waals surface area contributed by atoms with E-state index in [1.54, 1.807) is 29.9 Å². The van der Waals surface area contributed by atoms with E-state index in [2.05, 4.69) is 10.4 Å². The first-order valence-corrected chi connectivity index (χ1v) is 7.80. The number of amides is 2. The molecule has 0 aliphatic carbocycles. The van der Waals surface area contributed by atoms with Gasteiger partial charge < -0.3 is 15.0 Å². The standard InChI is InChI=1S/C17H19FN4O3/c1-21-15(23)9-12(16(21)13-6-7-19-22(13)2)20-17(24)11-8-10(18)4-5-14(11)25-3/h4-8,12,16H,9H2,1-3H3,(H,20,24)/t12-,16-/m1/s1. The lowest BCUT2D eigenvalue weighted by molar-refractivity contribution is -0.127. The average Bonchev–Trinajstić information content (AvgIpc) is 3.11. The summed E-state index contributed by atoms with van der Waals surface area (Å²) in [7, 11) is 4.88. The Bertz CT molecular complexity index is 820. The number of likely N-dealkylation sites (tertiary alicyclic amines) is 1. The molecule has 8 heteroatoms. The molecule has 1 aromatic heterocycles. The van der Waals surface area contributed by atoms with Crippen LogP contribution in [0, 0.1) is 5.82 Å². The monoisotopic (exact) mass is 346 g/mol. The number of carbonyl (C=O) groups excluding carboxylic acids is 2. The second kappa shape index (κ2) is 6.54. The van der Waals surface area contributed by atoms with Crippen molar-refractivity contribution in [1.82, 2.24) is 20.0 Å². The Morgan fingerprint density at radius 2 is 2.12 bits per heavy atom. The Morgan fingerprint density at radius 1 is 1.36 bits per heavy atom. The zero-order valence-electron chi connectivity index (χ0n) is 14.2. The SMILES string of the molecule is COc1ccc(F)cc1C(=O)N[C@@H]1CC(=O)N(C)[C@H]1c1ccnn1C. The van der Waals surface area contributed by atoms with Crippen LogP contribution >= 0.6 is 0 Å². The average molecular weight is 346 g/mol. The number of aromatic nitrogens is 2. The number of carbonyl (C=O) groups is 2. The lowest BCUT2D eigenvalue weighted by atomic mass is 10.0. The highest BCUT2D eigenvalue weighted by atomic mass is 19.1. The normalized spacial score (nSPS) is 20.0. The van der Waals surface area contributed by atoms with Gasteiger partial charge in [-0.25, -0.2) is 4.39 Å². The number of nitrogens with zero attached hydrogens (tertiary/aromatic N) is 3. The first kappa shape index (κ1) is 16.9. The van der Waals surface area contributed by atoms with Gasteiger partial charge in [0.1, 0.15) is 11.6 Å². The topological polar surface area (TPSA) is 76.5 Å². The summed E-state index contributed by atoms with van der Waals surface area (Å²) in [5.41, 5.74) is 0.901. The molecule has 2 aromatic rings. The van der Waals surface area contributed by atoms with Crippen molar-refractivity contribution in [2.24, 2.45) is 7.05 Å². The molecule has 132 valence electrons. The third kappa shape index (κ3) is 3.07. The fraction of sp³-hybridized carbons (Fsp3) is 0.353. The Labute approximate surface area is 144 Å². The van der Waals surface area contributed by atoms with Gasteiger partial charge in [0.15, 0.2) is 0 Å². The summed E-state index contributed by atoms with van der Waals surface area (Å²) in [5.74, 6) is -0.832. The van der Waals surface area contributed by atoms with Gasteiger partial charge in [0.05, 0.1) is 30.5 Å². The zero-order chi connectivity index (χ0) is 18.1. The van der Waals surface area contributed by atoms with Crippen molar-refractivity contribution in [2.45, 2.75) is 18.5 Å². The van der Waals surface area contributed by atoms with E-state index >= 15 is 0 Å². The van der Waals surface area contributed by atoms with Crippen LogP contribution in [0.25, 0.3) is 0 Å². The van der Waals surface area contributed by atoms with Crippen molar-refractivity contribution in [2.75, 3.05) is 14.2 Å². The molecule has 2 heterocycles. The van der Waals surface area contributed by atoms with Crippen LogP contribution in [-0.2, 0) is 11.8 Å². The molecule has 3 rings (SSSR count). The first-order valence-electron chi connectivity index (χ1n) is 7.80. The van der Waals surface area contributed by atoms with Crippen LogP contribution in [0.15, 0.2) is 30.5 Å². The highest BCUT2D eigenvalue weighted by Gasteiger charge is 2.41. The summed E-state index contributed by atoms with van der Waals surface area (Å²) < 4.78 is 20.3. The maximum absolute atomic E-state index is 13.5. The quantitative estimate of drug-likeness (QED) is 0.905. The summed E-state index contributed by atoms with van der Waals surface area (Å²) in [6.45, 7) is 0. The van der Waals surface area contributed by atoms with Gasteiger partial charge >= 0.3 is 0 Å². The molecular formula is C17H19FN4O3. The Morgan fingerprint density at radius 3 is 2.76 bits per heavy atom. The molecule has 7 nitrogen and oxygen atoms in total. The van der Waals surface area contributed by atoms with Gasteiger partial charge in [-0.3, -0.25) is 14.3 Å². The minimum atomic E-state index is -0.534. The number of aryl methyl sites for hydroxylation is 1. The number of methoxy groups -OCH3 is 1. The lowest BCUT2D eigenvalue weighted by Gasteiger charge is -2.25. The fourth-order valence-corrected chi connectivity index (χ4v) is 3.18. The molecule has 0 unspecified atom stereocenters. The first-order chi connectivity index (χ1) is 11.9. The van der Waals surface area contributed by atoms with E-state index in [-0.39, 0.29) is 29.7 Å². The van der Waals surface area contributed by atoms with Crippen LogP contribution in [0.1, 0.15) is 28.5 Å². The number of nitrogens with one attached hydrogen (secondary N) is 1. The van der Waals surface area contributed by atoms with Gasteiger partial charge in [-0.1, -0.05) is 0 Å². The molecular weight excluding hydrogens is 327 g/mol. The van der Waals surface area contributed by atoms with Gasteiger partial charge in [0.2, 0.25) is 5.91 Å². The molecule has 1 fully saturated rings. The van der Waals surface area contributed by atoms with Gasteiger partial charge in [0, 0.05) is 26.7 Å². The maximum atomic E-state index is 13.5. The van der Waals surface area contributed by atoms with Gasteiger partial charge in [-0.05, 0) is 24.3 Å². The molecule has 1 aromatic carbocycles. The highest BCUT2D eigenvalue weighted by Crippen LogP contribution is 2.32. The van der Waals surface area contributed by atoms with Crippen LogP contribution in [-0.4, -0.2) is 46.7 Å². The summed E-state index contributed by atoms with van der Waals surface area (Å²) >= 11 is 0. The number of hydrogen-bond acceptors (Lipinski definition) is 4. The smallest absolute Gasteiger partial charge is 0.255 e. The largest absolute Gasteiger partial charge is 0.496 e. The number of hydrogen-bond donors (Lipinski definition) is 1. The molecule has 2 amide bonds. The Balaban J connectivity index is 1.88. The van der Waals surface area contributed by atoms with E-state index in [9.17, 15) is 14.0 Å². The van der Waals surface area contributed by atoms with Crippen LogP contribution in [0.4, 0.5) is 4.39 Å². The second-order valence-electron chi connectivity index (χ2n) is 5.96. The second-order valence-corrected chi connectivity index (χ2v) is 5.96. The molecule has 0 radical (unpaired) electrons.